The predicted molar refractivity (Wildman–Crippen MR) is 96.1 cm³/mol. The van der Waals surface area contributed by atoms with E-state index in [1.165, 1.54) is 11.3 Å². The lowest BCUT2D eigenvalue weighted by Gasteiger charge is -2.32. The van der Waals surface area contributed by atoms with Crippen molar-refractivity contribution in [3.8, 4) is 5.82 Å². The molecule has 0 aliphatic carbocycles. The number of nitrogens with zero attached hydrogens (tertiary/aromatic N) is 5. The average molecular weight is 353 g/mol. The van der Waals surface area contributed by atoms with Gasteiger partial charge in [0.15, 0.2) is 0 Å². The minimum Gasteiger partial charge on any atom is -0.337 e. The van der Waals surface area contributed by atoms with E-state index in [9.17, 15) is 4.79 Å². The van der Waals surface area contributed by atoms with Crippen LogP contribution in [-0.4, -0.2) is 43.4 Å². The van der Waals surface area contributed by atoms with Crippen LogP contribution < -0.4 is 0 Å². The molecule has 0 spiro atoms. The van der Waals surface area contributed by atoms with Crippen LogP contribution in [0.2, 0.25) is 0 Å². The highest BCUT2D eigenvalue weighted by molar-refractivity contribution is 7.11. The number of piperidine rings is 1. The van der Waals surface area contributed by atoms with Crippen LogP contribution in [0.4, 0.5) is 0 Å². The van der Waals surface area contributed by atoms with Crippen molar-refractivity contribution in [2.75, 3.05) is 13.1 Å². The number of aromatic nitrogens is 4. The first kappa shape index (κ1) is 16.0. The molecule has 0 saturated carbocycles. The van der Waals surface area contributed by atoms with E-state index < -0.39 is 0 Å². The molecule has 1 saturated heterocycles. The van der Waals surface area contributed by atoms with E-state index in [1.807, 2.05) is 34.7 Å². The van der Waals surface area contributed by atoms with Gasteiger partial charge in [-0.05, 0) is 31.9 Å². The van der Waals surface area contributed by atoms with Gasteiger partial charge < -0.3 is 4.90 Å². The zero-order valence-corrected chi connectivity index (χ0v) is 14.8. The van der Waals surface area contributed by atoms with Crippen molar-refractivity contribution in [1.82, 2.24) is 24.4 Å². The monoisotopic (exact) mass is 353 g/mol. The number of hydrogen-bond acceptors (Lipinski definition) is 5. The molecule has 0 N–H and O–H groups in total. The average Bonchev–Trinajstić information content (AvgIpc) is 3.33. The zero-order valence-electron chi connectivity index (χ0n) is 14.0. The molecule has 1 atom stereocenters. The van der Waals surface area contributed by atoms with Gasteiger partial charge in [-0.25, -0.2) is 15.0 Å². The molecule has 4 heterocycles. The highest BCUT2D eigenvalue weighted by atomic mass is 32.1. The third kappa shape index (κ3) is 3.19. The first-order valence-corrected chi connectivity index (χ1v) is 9.25. The summed E-state index contributed by atoms with van der Waals surface area (Å²) in [5.74, 6) is 1.21. The largest absolute Gasteiger partial charge is 0.337 e. The molecule has 3 aromatic heterocycles. The van der Waals surface area contributed by atoms with Crippen LogP contribution in [0, 0.1) is 6.92 Å². The number of thiazole rings is 1. The van der Waals surface area contributed by atoms with Crippen LogP contribution >= 0.6 is 11.3 Å². The highest BCUT2D eigenvalue weighted by Gasteiger charge is 2.28. The molecule has 6 nitrogen and oxygen atoms in total. The number of amides is 1. The SMILES string of the molecule is Cc1ncsc1C(=O)N1CCC[C@@H](c2cccc(-n3ccnc3)n2)C1. The molecule has 25 heavy (non-hydrogen) atoms. The lowest BCUT2D eigenvalue weighted by atomic mass is 9.94. The highest BCUT2D eigenvalue weighted by Crippen LogP contribution is 2.28. The van der Waals surface area contributed by atoms with Crippen LogP contribution in [0.3, 0.4) is 0 Å². The molecule has 128 valence electrons. The van der Waals surface area contributed by atoms with Crippen molar-refractivity contribution < 1.29 is 4.79 Å². The summed E-state index contributed by atoms with van der Waals surface area (Å²) in [6, 6.07) is 6.04. The van der Waals surface area contributed by atoms with Gasteiger partial charge in [0, 0.05) is 37.1 Å². The topological polar surface area (TPSA) is 63.9 Å². The third-order valence-corrected chi connectivity index (χ3v) is 5.51. The summed E-state index contributed by atoms with van der Waals surface area (Å²) in [6.07, 6.45) is 7.41. The molecule has 1 fully saturated rings. The quantitative estimate of drug-likeness (QED) is 0.726. The summed E-state index contributed by atoms with van der Waals surface area (Å²) in [5.41, 5.74) is 3.59. The maximum atomic E-state index is 12.8. The Morgan fingerprint density at radius 2 is 2.28 bits per heavy atom. The second-order valence-corrected chi connectivity index (χ2v) is 7.10. The lowest BCUT2D eigenvalue weighted by molar-refractivity contribution is 0.0710. The molecule has 0 bridgehead atoms. The van der Waals surface area contributed by atoms with Gasteiger partial charge in [-0.15, -0.1) is 11.3 Å². The van der Waals surface area contributed by atoms with Crippen LogP contribution in [-0.2, 0) is 0 Å². The van der Waals surface area contributed by atoms with E-state index in [4.69, 9.17) is 4.98 Å². The maximum Gasteiger partial charge on any atom is 0.265 e. The lowest BCUT2D eigenvalue weighted by Crippen LogP contribution is -2.39. The summed E-state index contributed by atoms with van der Waals surface area (Å²) in [5, 5.41) is 0. The van der Waals surface area contributed by atoms with Crippen LogP contribution in [0.1, 0.15) is 39.8 Å². The van der Waals surface area contributed by atoms with Crippen LogP contribution in [0.15, 0.2) is 42.4 Å². The molecule has 0 radical (unpaired) electrons. The Kier molecular flexibility index (Phi) is 4.31. The number of pyridine rings is 1. The van der Waals surface area contributed by atoms with Crippen molar-refractivity contribution in [3.05, 3.63) is 58.7 Å². The molecule has 7 heteroatoms. The van der Waals surface area contributed by atoms with Crippen molar-refractivity contribution in [2.24, 2.45) is 0 Å². The standard InChI is InChI=1S/C18H19N5OS/c1-13-17(25-12-20-13)18(24)22-8-3-4-14(10-22)15-5-2-6-16(21-15)23-9-7-19-11-23/h2,5-7,9,11-12,14H,3-4,8,10H2,1H3/t14-/m1/s1. The van der Waals surface area contributed by atoms with Gasteiger partial charge >= 0.3 is 0 Å². The van der Waals surface area contributed by atoms with Crippen molar-refractivity contribution in [2.45, 2.75) is 25.7 Å². The predicted octanol–water partition coefficient (Wildman–Crippen LogP) is 3.05. The Balaban J connectivity index is 1.55. The molecule has 0 unspecified atom stereocenters. The summed E-state index contributed by atoms with van der Waals surface area (Å²) in [4.78, 5) is 28.5. The molecular weight excluding hydrogens is 334 g/mol. The van der Waals surface area contributed by atoms with Gasteiger partial charge in [0.1, 0.15) is 17.0 Å². The van der Waals surface area contributed by atoms with E-state index in [2.05, 4.69) is 16.0 Å². The van der Waals surface area contributed by atoms with E-state index in [0.29, 0.717) is 6.54 Å². The fraction of sp³-hybridized carbons (Fsp3) is 0.333. The van der Waals surface area contributed by atoms with Crippen molar-refractivity contribution >= 4 is 17.2 Å². The molecule has 3 aromatic rings. The first-order chi connectivity index (χ1) is 12.2. The van der Waals surface area contributed by atoms with Crippen molar-refractivity contribution in [3.63, 3.8) is 0 Å². The van der Waals surface area contributed by atoms with Gasteiger partial charge in [0.2, 0.25) is 0 Å². The summed E-state index contributed by atoms with van der Waals surface area (Å²) in [6.45, 7) is 3.39. The first-order valence-electron chi connectivity index (χ1n) is 8.37. The van der Waals surface area contributed by atoms with Gasteiger partial charge in [-0.2, -0.15) is 0 Å². The second kappa shape index (κ2) is 6.76. The number of carbonyl (C=O) groups excluding carboxylic acids is 1. The number of rotatable bonds is 3. The summed E-state index contributed by atoms with van der Waals surface area (Å²) in [7, 11) is 0. The smallest absolute Gasteiger partial charge is 0.265 e. The van der Waals surface area contributed by atoms with E-state index in [0.717, 1.165) is 41.5 Å². The van der Waals surface area contributed by atoms with Gasteiger partial charge in [-0.1, -0.05) is 6.07 Å². The zero-order chi connectivity index (χ0) is 17.2. The van der Waals surface area contributed by atoms with Crippen LogP contribution in [0.25, 0.3) is 5.82 Å². The summed E-state index contributed by atoms with van der Waals surface area (Å²) >= 11 is 1.42. The van der Waals surface area contributed by atoms with Gasteiger partial charge in [0.25, 0.3) is 5.91 Å². The summed E-state index contributed by atoms with van der Waals surface area (Å²) < 4.78 is 1.90. The van der Waals surface area contributed by atoms with E-state index in [1.54, 1.807) is 18.0 Å². The number of aryl methyl sites for hydroxylation is 1. The number of likely N-dealkylation sites (tertiary alicyclic amines) is 1. The minimum absolute atomic E-state index is 0.0930. The van der Waals surface area contributed by atoms with Gasteiger partial charge in [-0.3, -0.25) is 9.36 Å². The Labute approximate surface area is 150 Å². The number of hydrogen-bond donors (Lipinski definition) is 0. The fourth-order valence-corrected chi connectivity index (χ4v) is 4.03. The molecule has 1 aliphatic heterocycles. The van der Waals surface area contributed by atoms with E-state index >= 15 is 0 Å². The van der Waals surface area contributed by atoms with Crippen molar-refractivity contribution in [1.29, 1.82) is 0 Å². The minimum atomic E-state index is 0.0930. The van der Waals surface area contributed by atoms with E-state index in [-0.39, 0.29) is 11.8 Å². The Bertz CT molecular complexity index is 873. The van der Waals surface area contributed by atoms with Gasteiger partial charge in [0.05, 0.1) is 11.2 Å². The normalized spacial score (nSPS) is 17.6. The molecule has 0 aromatic carbocycles. The maximum absolute atomic E-state index is 12.8. The Morgan fingerprint density at radius 3 is 3.04 bits per heavy atom. The van der Waals surface area contributed by atoms with Crippen LogP contribution in [0.5, 0.6) is 0 Å². The molecule has 1 aliphatic rings. The molecule has 1 amide bonds. The Hall–Kier alpha value is -2.54. The molecule has 4 rings (SSSR count). The molecular formula is C18H19N5OS. The number of imidazole rings is 1. The second-order valence-electron chi connectivity index (χ2n) is 6.25. The number of carbonyl (C=O) groups is 1. The fourth-order valence-electron chi connectivity index (χ4n) is 3.26. The Morgan fingerprint density at radius 1 is 1.36 bits per heavy atom. The third-order valence-electron chi connectivity index (χ3n) is 4.59.